The molecule has 0 radical (unpaired) electrons. The van der Waals surface area contributed by atoms with E-state index in [0.717, 1.165) is 5.82 Å². The molecule has 7 nitrogen and oxygen atoms in total. The van der Waals surface area contributed by atoms with Gasteiger partial charge >= 0.3 is 0 Å². The number of ether oxygens (including phenoxy) is 3. The lowest BCUT2D eigenvalue weighted by Gasteiger charge is -2.10. The summed E-state index contributed by atoms with van der Waals surface area (Å²) in [5.41, 5.74) is 1.30. The van der Waals surface area contributed by atoms with Crippen molar-refractivity contribution in [3.05, 3.63) is 12.2 Å². The van der Waals surface area contributed by atoms with E-state index in [0.29, 0.717) is 43.4 Å². The van der Waals surface area contributed by atoms with Crippen molar-refractivity contribution in [1.29, 1.82) is 0 Å². The lowest BCUT2D eigenvalue weighted by molar-refractivity contribution is 0.0666. The van der Waals surface area contributed by atoms with Crippen LogP contribution < -0.4 is 4.74 Å². The number of halogens is 1. The third-order valence-electron chi connectivity index (χ3n) is 2.97. The standard InChI is InChI=1S/C13H19ClN4O3/c1-9(14)11-17-10-12(15-8-16-13(10)20-3)18(11)4-5-21-7-6-19-2/h8-9H,4-7H2,1-3H3. The molecular weight excluding hydrogens is 296 g/mol. The summed E-state index contributed by atoms with van der Waals surface area (Å²) >= 11 is 6.20. The van der Waals surface area contributed by atoms with Crippen LogP contribution >= 0.6 is 11.6 Å². The molecule has 0 fully saturated rings. The first kappa shape index (κ1) is 15.9. The lowest BCUT2D eigenvalue weighted by atomic mass is 10.4. The van der Waals surface area contributed by atoms with Crippen molar-refractivity contribution >= 4 is 22.8 Å². The number of nitrogens with zero attached hydrogens (tertiary/aromatic N) is 4. The van der Waals surface area contributed by atoms with Crippen LogP contribution in [0.4, 0.5) is 0 Å². The van der Waals surface area contributed by atoms with E-state index < -0.39 is 0 Å². The quantitative estimate of drug-likeness (QED) is 0.546. The Labute approximate surface area is 128 Å². The Bertz CT molecular complexity index is 588. The highest BCUT2D eigenvalue weighted by Crippen LogP contribution is 2.27. The molecule has 1 unspecified atom stereocenters. The Kier molecular flexibility index (Phi) is 5.72. The van der Waals surface area contributed by atoms with E-state index in [-0.39, 0.29) is 5.38 Å². The van der Waals surface area contributed by atoms with Crippen molar-refractivity contribution in [3.63, 3.8) is 0 Å². The predicted octanol–water partition coefficient (Wildman–Crippen LogP) is 1.80. The molecule has 2 aromatic rings. The lowest BCUT2D eigenvalue weighted by Crippen LogP contribution is -2.12. The van der Waals surface area contributed by atoms with Gasteiger partial charge in [0.05, 0.1) is 32.3 Å². The normalized spacial score (nSPS) is 12.8. The van der Waals surface area contributed by atoms with Crippen molar-refractivity contribution in [2.24, 2.45) is 0 Å². The molecule has 8 heteroatoms. The van der Waals surface area contributed by atoms with Crippen molar-refractivity contribution < 1.29 is 14.2 Å². The van der Waals surface area contributed by atoms with Gasteiger partial charge in [0, 0.05) is 13.7 Å². The first-order valence-corrected chi connectivity index (χ1v) is 7.08. The van der Waals surface area contributed by atoms with Gasteiger partial charge in [0.1, 0.15) is 12.2 Å². The molecule has 0 saturated heterocycles. The molecular formula is C13H19ClN4O3. The summed E-state index contributed by atoms with van der Waals surface area (Å²) in [6.07, 6.45) is 1.45. The second-order valence-electron chi connectivity index (χ2n) is 4.40. The Morgan fingerprint density at radius 3 is 2.71 bits per heavy atom. The maximum absolute atomic E-state index is 6.20. The fourth-order valence-corrected chi connectivity index (χ4v) is 2.17. The van der Waals surface area contributed by atoms with E-state index in [1.807, 2.05) is 11.5 Å². The van der Waals surface area contributed by atoms with Gasteiger partial charge in [-0.1, -0.05) is 0 Å². The molecule has 0 spiro atoms. The van der Waals surface area contributed by atoms with Gasteiger partial charge in [-0.25, -0.2) is 9.97 Å². The van der Waals surface area contributed by atoms with Crippen molar-refractivity contribution in [2.75, 3.05) is 34.0 Å². The average molecular weight is 315 g/mol. The minimum Gasteiger partial charge on any atom is -0.479 e. The van der Waals surface area contributed by atoms with Gasteiger partial charge in [-0.2, -0.15) is 4.98 Å². The molecule has 2 aromatic heterocycles. The van der Waals surface area contributed by atoms with Crippen LogP contribution in [-0.4, -0.2) is 53.6 Å². The molecule has 0 aromatic carbocycles. The second-order valence-corrected chi connectivity index (χ2v) is 5.05. The Balaban J connectivity index is 2.25. The van der Waals surface area contributed by atoms with Gasteiger partial charge in [0.15, 0.2) is 11.2 Å². The zero-order valence-electron chi connectivity index (χ0n) is 12.4. The van der Waals surface area contributed by atoms with Crippen molar-refractivity contribution in [3.8, 4) is 5.88 Å². The topological polar surface area (TPSA) is 71.3 Å². The number of alkyl halides is 1. The summed E-state index contributed by atoms with van der Waals surface area (Å²) < 4.78 is 17.6. The molecule has 116 valence electrons. The number of aromatic nitrogens is 4. The number of rotatable bonds is 8. The van der Waals surface area contributed by atoms with Gasteiger partial charge in [-0.3, -0.25) is 0 Å². The zero-order valence-corrected chi connectivity index (χ0v) is 13.1. The molecule has 0 amide bonds. The van der Waals surface area contributed by atoms with Crippen LogP contribution in [0.1, 0.15) is 18.1 Å². The van der Waals surface area contributed by atoms with Crippen LogP contribution in [0.3, 0.4) is 0 Å². The van der Waals surface area contributed by atoms with Gasteiger partial charge in [-0.15, -0.1) is 11.6 Å². The third kappa shape index (κ3) is 3.61. The molecule has 0 saturated carbocycles. The first-order chi connectivity index (χ1) is 10.2. The Hall–Kier alpha value is -1.44. The number of fused-ring (bicyclic) bond motifs is 1. The Morgan fingerprint density at radius 1 is 1.24 bits per heavy atom. The highest BCUT2D eigenvalue weighted by atomic mass is 35.5. The van der Waals surface area contributed by atoms with Gasteiger partial charge in [0.25, 0.3) is 0 Å². The van der Waals surface area contributed by atoms with E-state index in [1.165, 1.54) is 6.33 Å². The monoisotopic (exact) mass is 314 g/mol. The largest absolute Gasteiger partial charge is 0.479 e. The van der Waals surface area contributed by atoms with E-state index in [9.17, 15) is 0 Å². The molecule has 1 atom stereocenters. The summed E-state index contributed by atoms with van der Waals surface area (Å²) in [4.78, 5) is 12.8. The highest BCUT2D eigenvalue weighted by molar-refractivity contribution is 6.20. The van der Waals surface area contributed by atoms with E-state index in [1.54, 1.807) is 14.2 Å². The maximum atomic E-state index is 6.20. The number of methoxy groups -OCH3 is 2. The number of imidazole rings is 1. The number of hydrogen-bond donors (Lipinski definition) is 0. The van der Waals surface area contributed by atoms with Crippen molar-refractivity contribution in [1.82, 2.24) is 19.5 Å². The van der Waals surface area contributed by atoms with Gasteiger partial charge < -0.3 is 18.8 Å². The van der Waals surface area contributed by atoms with Gasteiger partial charge in [0.2, 0.25) is 5.88 Å². The predicted molar refractivity (Wildman–Crippen MR) is 78.8 cm³/mol. The molecule has 0 aliphatic rings. The van der Waals surface area contributed by atoms with E-state index >= 15 is 0 Å². The van der Waals surface area contributed by atoms with Crippen LogP contribution in [-0.2, 0) is 16.0 Å². The fraction of sp³-hybridized carbons (Fsp3) is 0.615. The van der Waals surface area contributed by atoms with Crippen LogP contribution in [0.2, 0.25) is 0 Å². The smallest absolute Gasteiger partial charge is 0.245 e. The summed E-state index contributed by atoms with van der Waals surface area (Å²) in [5, 5.41) is -0.247. The van der Waals surface area contributed by atoms with Crippen LogP contribution in [0.25, 0.3) is 11.2 Å². The van der Waals surface area contributed by atoms with E-state index in [2.05, 4.69) is 15.0 Å². The molecule has 0 N–H and O–H groups in total. The van der Waals surface area contributed by atoms with Crippen LogP contribution in [0.15, 0.2) is 6.33 Å². The molecule has 0 bridgehead atoms. The third-order valence-corrected chi connectivity index (χ3v) is 3.16. The minimum atomic E-state index is -0.247. The van der Waals surface area contributed by atoms with Crippen LogP contribution in [0, 0.1) is 0 Å². The second kappa shape index (κ2) is 7.53. The molecule has 2 heterocycles. The molecule has 21 heavy (non-hydrogen) atoms. The maximum Gasteiger partial charge on any atom is 0.245 e. The number of hydrogen-bond acceptors (Lipinski definition) is 6. The SMILES string of the molecule is COCCOCCn1c(C(C)Cl)nc2c(OC)ncnc21. The average Bonchev–Trinajstić information content (AvgIpc) is 2.86. The summed E-state index contributed by atoms with van der Waals surface area (Å²) in [5.74, 6) is 1.17. The highest BCUT2D eigenvalue weighted by Gasteiger charge is 2.19. The fourth-order valence-electron chi connectivity index (χ4n) is 2.01. The molecule has 0 aliphatic carbocycles. The Morgan fingerprint density at radius 2 is 2.05 bits per heavy atom. The molecule has 2 rings (SSSR count). The van der Waals surface area contributed by atoms with E-state index in [4.69, 9.17) is 25.8 Å². The zero-order chi connectivity index (χ0) is 15.2. The van der Waals surface area contributed by atoms with Crippen molar-refractivity contribution in [2.45, 2.75) is 18.8 Å². The summed E-state index contributed by atoms with van der Waals surface area (Å²) in [7, 11) is 3.20. The summed E-state index contributed by atoms with van der Waals surface area (Å²) in [6.45, 7) is 4.11. The summed E-state index contributed by atoms with van der Waals surface area (Å²) in [6, 6.07) is 0. The van der Waals surface area contributed by atoms with Crippen LogP contribution in [0.5, 0.6) is 5.88 Å². The minimum absolute atomic E-state index is 0.247. The molecule has 0 aliphatic heterocycles. The first-order valence-electron chi connectivity index (χ1n) is 6.65. The van der Waals surface area contributed by atoms with Gasteiger partial charge in [-0.05, 0) is 6.92 Å².